The summed E-state index contributed by atoms with van der Waals surface area (Å²) in [7, 11) is 0. The van der Waals surface area contributed by atoms with Gasteiger partial charge in [-0.3, -0.25) is 4.79 Å². The second-order valence-electron chi connectivity index (χ2n) is 3.51. The molecule has 1 amide bonds. The van der Waals surface area contributed by atoms with Crippen molar-refractivity contribution in [1.29, 1.82) is 0 Å². The van der Waals surface area contributed by atoms with Crippen LogP contribution >= 0.6 is 15.9 Å². The van der Waals surface area contributed by atoms with Crippen LogP contribution < -0.4 is 0 Å². The molecule has 4 heteroatoms. The van der Waals surface area contributed by atoms with E-state index in [0.717, 1.165) is 6.42 Å². The average molecular weight is 288 g/mol. The molecule has 0 aliphatic carbocycles. The zero-order chi connectivity index (χ0) is 12.1. The lowest BCUT2D eigenvalue weighted by molar-refractivity contribution is 0.0764. The predicted octanol–water partition coefficient (Wildman–Crippen LogP) is 3.46. The summed E-state index contributed by atoms with van der Waals surface area (Å²) in [6.07, 6.45) is 0.901. The molecule has 1 rings (SSSR count). The predicted molar refractivity (Wildman–Crippen MR) is 66.0 cm³/mol. The first-order valence-corrected chi connectivity index (χ1v) is 6.13. The fourth-order valence-corrected chi connectivity index (χ4v) is 1.73. The summed E-state index contributed by atoms with van der Waals surface area (Å²) in [5.41, 5.74) is 0.399. The Kier molecular flexibility index (Phi) is 4.93. The highest BCUT2D eigenvalue weighted by molar-refractivity contribution is 9.10. The minimum absolute atomic E-state index is 0.115. The van der Waals surface area contributed by atoms with Gasteiger partial charge in [-0.15, -0.1) is 0 Å². The van der Waals surface area contributed by atoms with Gasteiger partial charge in [-0.25, -0.2) is 4.39 Å². The van der Waals surface area contributed by atoms with E-state index in [1.165, 1.54) is 6.07 Å². The van der Waals surface area contributed by atoms with Crippen molar-refractivity contribution in [1.82, 2.24) is 4.90 Å². The summed E-state index contributed by atoms with van der Waals surface area (Å²) in [4.78, 5) is 13.7. The molecule has 16 heavy (non-hydrogen) atoms. The van der Waals surface area contributed by atoms with E-state index in [1.54, 1.807) is 17.0 Å². The molecule has 0 saturated carbocycles. The third kappa shape index (κ3) is 3.04. The van der Waals surface area contributed by atoms with Crippen LogP contribution in [0.25, 0.3) is 0 Å². The Morgan fingerprint density at radius 2 is 2.12 bits per heavy atom. The van der Waals surface area contributed by atoms with E-state index in [1.807, 2.05) is 13.8 Å². The fraction of sp³-hybridized carbons (Fsp3) is 0.417. The third-order valence-corrected chi connectivity index (χ3v) is 2.97. The topological polar surface area (TPSA) is 20.3 Å². The first kappa shape index (κ1) is 13.2. The van der Waals surface area contributed by atoms with Gasteiger partial charge in [0.1, 0.15) is 5.82 Å². The molecular formula is C12H15BrFNO. The summed E-state index contributed by atoms with van der Waals surface area (Å²) in [6.45, 7) is 5.28. The molecule has 0 aromatic heterocycles. The van der Waals surface area contributed by atoms with Crippen molar-refractivity contribution >= 4 is 21.8 Å². The van der Waals surface area contributed by atoms with Crippen LogP contribution in [0.4, 0.5) is 4.39 Å². The van der Waals surface area contributed by atoms with Crippen LogP contribution in [0.2, 0.25) is 0 Å². The molecular weight excluding hydrogens is 273 g/mol. The number of halogens is 2. The highest BCUT2D eigenvalue weighted by atomic mass is 79.9. The zero-order valence-electron chi connectivity index (χ0n) is 9.46. The Labute approximate surface area is 104 Å². The molecule has 0 aliphatic heterocycles. The molecule has 0 heterocycles. The molecule has 0 N–H and O–H groups in total. The Morgan fingerprint density at radius 3 is 2.62 bits per heavy atom. The Bertz CT molecular complexity index is 381. The van der Waals surface area contributed by atoms with Crippen LogP contribution in [0.5, 0.6) is 0 Å². The molecule has 0 saturated heterocycles. The van der Waals surface area contributed by atoms with Gasteiger partial charge in [0.25, 0.3) is 5.91 Å². The van der Waals surface area contributed by atoms with Crippen LogP contribution in [0, 0.1) is 5.82 Å². The minimum atomic E-state index is -0.404. The molecule has 2 nitrogen and oxygen atoms in total. The molecule has 88 valence electrons. The minimum Gasteiger partial charge on any atom is -0.339 e. The lowest BCUT2D eigenvalue weighted by Crippen LogP contribution is -2.31. The molecule has 0 fully saturated rings. The van der Waals surface area contributed by atoms with Crippen molar-refractivity contribution in [3.63, 3.8) is 0 Å². The standard InChI is InChI=1S/C12H15BrFNO/c1-3-7-15(4-2)12(16)9-5-6-10(13)11(14)8-9/h5-6,8H,3-4,7H2,1-2H3. The normalized spacial score (nSPS) is 10.2. The van der Waals surface area contributed by atoms with E-state index >= 15 is 0 Å². The van der Waals surface area contributed by atoms with Crippen molar-refractivity contribution < 1.29 is 9.18 Å². The number of hydrogen-bond acceptors (Lipinski definition) is 1. The maximum Gasteiger partial charge on any atom is 0.253 e. The molecule has 1 aromatic rings. The molecule has 0 unspecified atom stereocenters. The van der Waals surface area contributed by atoms with E-state index in [2.05, 4.69) is 15.9 Å². The largest absolute Gasteiger partial charge is 0.339 e. The molecule has 0 radical (unpaired) electrons. The van der Waals surface area contributed by atoms with E-state index in [0.29, 0.717) is 23.1 Å². The second-order valence-corrected chi connectivity index (χ2v) is 4.37. The van der Waals surface area contributed by atoms with E-state index in [-0.39, 0.29) is 5.91 Å². The number of amides is 1. The van der Waals surface area contributed by atoms with Gasteiger partial charge in [-0.05, 0) is 47.5 Å². The number of rotatable bonds is 4. The summed E-state index contributed by atoms with van der Waals surface area (Å²) in [6, 6.07) is 4.46. The van der Waals surface area contributed by atoms with Gasteiger partial charge in [0.15, 0.2) is 0 Å². The number of benzene rings is 1. The quantitative estimate of drug-likeness (QED) is 0.831. The molecule has 0 aliphatic rings. The Morgan fingerprint density at radius 1 is 1.44 bits per heavy atom. The van der Waals surface area contributed by atoms with E-state index in [9.17, 15) is 9.18 Å². The average Bonchev–Trinajstić information content (AvgIpc) is 2.28. The molecule has 0 atom stereocenters. The maximum absolute atomic E-state index is 13.3. The van der Waals surface area contributed by atoms with Crippen LogP contribution in [-0.2, 0) is 0 Å². The summed E-state index contributed by atoms with van der Waals surface area (Å²) in [5.74, 6) is -0.519. The van der Waals surface area contributed by atoms with E-state index in [4.69, 9.17) is 0 Å². The van der Waals surface area contributed by atoms with Crippen LogP contribution in [-0.4, -0.2) is 23.9 Å². The van der Waals surface area contributed by atoms with Gasteiger partial charge in [-0.1, -0.05) is 6.92 Å². The lowest BCUT2D eigenvalue weighted by Gasteiger charge is -2.20. The second kappa shape index (κ2) is 5.99. The third-order valence-electron chi connectivity index (χ3n) is 2.33. The number of carbonyl (C=O) groups excluding carboxylic acids is 1. The highest BCUT2D eigenvalue weighted by Gasteiger charge is 2.14. The Balaban J connectivity index is 2.90. The molecule has 0 spiro atoms. The van der Waals surface area contributed by atoms with Crippen LogP contribution in [0.3, 0.4) is 0 Å². The summed E-state index contributed by atoms with van der Waals surface area (Å²) >= 11 is 3.06. The van der Waals surface area contributed by atoms with Gasteiger partial charge in [0.2, 0.25) is 0 Å². The van der Waals surface area contributed by atoms with Gasteiger partial charge in [0.05, 0.1) is 4.47 Å². The maximum atomic E-state index is 13.3. The van der Waals surface area contributed by atoms with Crippen molar-refractivity contribution in [2.75, 3.05) is 13.1 Å². The summed E-state index contributed by atoms with van der Waals surface area (Å²) in [5, 5.41) is 0. The monoisotopic (exact) mass is 287 g/mol. The first-order chi connectivity index (χ1) is 7.60. The highest BCUT2D eigenvalue weighted by Crippen LogP contribution is 2.17. The lowest BCUT2D eigenvalue weighted by atomic mass is 10.2. The molecule has 1 aromatic carbocycles. The Hall–Kier alpha value is -0.900. The first-order valence-electron chi connectivity index (χ1n) is 5.34. The van der Waals surface area contributed by atoms with Gasteiger partial charge in [0, 0.05) is 18.7 Å². The zero-order valence-corrected chi connectivity index (χ0v) is 11.1. The van der Waals surface area contributed by atoms with Crippen LogP contribution in [0.15, 0.2) is 22.7 Å². The number of carbonyl (C=O) groups is 1. The number of hydrogen-bond donors (Lipinski definition) is 0. The smallest absolute Gasteiger partial charge is 0.253 e. The molecule has 0 bridgehead atoms. The number of nitrogens with zero attached hydrogens (tertiary/aromatic N) is 1. The van der Waals surface area contributed by atoms with Crippen LogP contribution in [0.1, 0.15) is 30.6 Å². The van der Waals surface area contributed by atoms with Crippen molar-refractivity contribution in [3.8, 4) is 0 Å². The van der Waals surface area contributed by atoms with Gasteiger partial charge < -0.3 is 4.90 Å². The van der Waals surface area contributed by atoms with E-state index < -0.39 is 5.82 Å². The van der Waals surface area contributed by atoms with Crippen molar-refractivity contribution in [2.24, 2.45) is 0 Å². The fourth-order valence-electron chi connectivity index (χ4n) is 1.48. The van der Waals surface area contributed by atoms with Gasteiger partial charge >= 0.3 is 0 Å². The summed E-state index contributed by atoms with van der Waals surface area (Å²) < 4.78 is 13.7. The SMILES string of the molecule is CCCN(CC)C(=O)c1ccc(Br)c(F)c1. The van der Waals surface area contributed by atoms with Crippen molar-refractivity contribution in [3.05, 3.63) is 34.1 Å². The van der Waals surface area contributed by atoms with Crippen molar-refractivity contribution in [2.45, 2.75) is 20.3 Å². The van der Waals surface area contributed by atoms with Gasteiger partial charge in [-0.2, -0.15) is 0 Å².